The predicted octanol–water partition coefficient (Wildman–Crippen LogP) is 0.438. The number of hydrogen-bond donors (Lipinski definition) is 1. The number of halogens is 1. The van der Waals surface area contributed by atoms with E-state index in [2.05, 4.69) is 20.8 Å². The quantitative estimate of drug-likeness (QED) is 0.698. The Bertz CT molecular complexity index is 759. The van der Waals surface area contributed by atoms with Gasteiger partial charge in [0, 0.05) is 44.3 Å². The number of carbonyl (C=O) groups excluding carboxylic acids is 1. The van der Waals surface area contributed by atoms with E-state index >= 15 is 0 Å². The van der Waals surface area contributed by atoms with Crippen molar-refractivity contribution in [1.82, 2.24) is 30.4 Å². The first-order valence-electron chi connectivity index (χ1n) is 8.66. The highest BCUT2D eigenvalue weighted by atomic mass is 35.5. The van der Waals surface area contributed by atoms with Crippen LogP contribution in [0.4, 0.5) is 0 Å². The molecular weight excluding hydrogens is 388 g/mol. The van der Waals surface area contributed by atoms with Crippen molar-refractivity contribution in [3.05, 3.63) is 24.0 Å². The number of morpholine rings is 1. The van der Waals surface area contributed by atoms with Gasteiger partial charge in [-0.05, 0) is 10.4 Å². The van der Waals surface area contributed by atoms with Crippen molar-refractivity contribution >= 4 is 18.3 Å². The van der Waals surface area contributed by atoms with Crippen LogP contribution in [0.15, 0.2) is 18.2 Å². The zero-order valence-corrected chi connectivity index (χ0v) is 16.9. The number of nitrogens with one attached hydrogen (secondary N) is 1. The zero-order valence-electron chi connectivity index (χ0n) is 16.1. The van der Waals surface area contributed by atoms with Gasteiger partial charge in [0.15, 0.2) is 5.82 Å². The second-order valence-electron chi connectivity index (χ2n) is 6.26. The maximum absolute atomic E-state index is 12.5. The zero-order chi connectivity index (χ0) is 19.2. The van der Waals surface area contributed by atoms with E-state index in [1.807, 2.05) is 0 Å². The Morgan fingerprint density at radius 1 is 1.32 bits per heavy atom. The smallest absolute Gasteiger partial charge is 0.224 e. The average Bonchev–Trinajstić information content (AvgIpc) is 3.16. The molecule has 1 aliphatic heterocycles. The maximum Gasteiger partial charge on any atom is 0.224 e. The molecule has 1 aromatic heterocycles. The number of nitrogens with zero attached hydrogens (tertiary/aromatic N) is 5. The molecule has 1 atom stereocenters. The molecule has 1 aromatic carbocycles. The van der Waals surface area contributed by atoms with Crippen LogP contribution >= 0.6 is 12.4 Å². The standard InChI is InChI=1S/C17H24N6O4.ClH/c1-22(17(24)6-12-11-27-5-4-18-12)10-16-19-20-21-23(16)13-7-14(25-2)9-15(8-13)26-3;/h7-9,12,18H,4-6,10-11H2,1-3H3;1H. The molecule has 0 aliphatic carbocycles. The molecule has 3 rings (SSSR count). The number of tetrazole rings is 1. The SMILES string of the molecule is COc1cc(OC)cc(-n2nnnc2CN(C)C(=O)CC2COCCN2)c1.Cl. The number of benzene rings is 1. The highest BCUT2D eigenvalue weighted by molar-refractivity contribution is 5.85. The van der Waals surface area contributed by atoms with Crippen molar-refractivity contribution in [1.29, 1.82) is 0 Å². The molecule has 0 saturated carbocycles. The van der Waals surface area contributed by atoms with E-state index in [-0.39, 0.29) is 30.9 Å². The van der Waals surface area contributed by atoms with E-state index in [1.165, 1.54) is 0 Å². The van der Waals surface area contributed by atoms with Crippen molar-refractivity contribution in [3.63, 3.8) is 0 Å². The van der Waals surface area contributed by atoms with Crippen LogP contribution in [0.5, 0.6) is 11.5 Å². The van der Waals surface area contributed by atoms with Crippen LogP contribution in [0.25, 0.3) is 5.69 Å². The average molecular weight is 413 g/mol. The van der Waals surface area contributed by atoms with Gasteiger partial charge in [0.1, 0.15) is 11.5 Å². The first-order chi connectivity index (χ1) is 13.1. The Morgan fingerprint density at radius 3 is 2.64 bits per heavy atom. The minimum Gasteiger partial charge on any atom is -0.497 e. The predicted molar refractivity (Wildman–Crippen MR) is 103 cm³/mol. The van der Waals surface area contributed by atoms with Crippen LogP contribution in [0.3, 0.4) is 0 Å². The molecule has 1 fully saturated rings. The summed E-state index contributed by atoms with van der Waals surface area (Å²) in [5, 5.41) is 15.1. The molecule has 0 bridgehead atoms. The Morgan fingerprint density at radius 2 is 2.04 bits per heavy atom. The lowest BCUT2D eigenvalue weighted by Gasteiger charge is -2.25. The molecule has 0 radical (unpaired) electrons. The summed E-state index contributed by atoms with van der Waals surface area (Å²) >= 11 is 0. The van der Waals surface area contributed by atoms with Crippen molar-refractivity contribution in [2.75, 3.05) is 41.0 Å². The molecule has 28 heavy (non-hydrogen) atoms. The molecule has 2 heterocycles. The molecule has 1 unspecified atom stereocenters. The Labute approximate surface area is 169 Å². The van der Waals surface area contributed by atoms with E-state index in [0.29, 0.717) is 42.6 Å². The van der Waals surface area contributed by atoms with E-state index in [0.717, 1.165) is 6.54 Å². The van der Waals surface area contributed by atoms with Gasteiger partial charge in [-0.2, -0.15) is 4.68 Å². The number of ether oxygens (including phenoxy) is 3. The van der Waals surface area contributed by atoms with Crippen LogP contribution in [0, 0.1) is 0 Å². The lowest BCUT2D eigenvalue weighted by Crippen LogP contribution is -2.44. The molecule has 10 nitrogen and oxygen atoms in total. The molecule has 1 aliphatic rings. The van der Waals surface area contributed by atoms with Gasteiger partial charge >= 0.3 is 0 Å². The molecular formula is C17H25ClN6O4. The highest BCUT2D eigenvalue weighted by Gasteiger charge is 2.21. The van der Waals surface area contributed by atoms with Gasteiger partial charge in [0.25, 0.3) is 0 Å². The number of carbonyl (C=O) groups is 1. The van der Waals surface area contributed by atoms with Crippen LogP contribution in [-0.4, -0.2) is 78.1 Å². The number of amides is 1. The summed E-state index contributed by atoms with van der Waals surface area (Å²) in [6.45, 7) is 2.26. The number of methoxy groups -OCH3 is 2. The largest absolute Gasteiger partial charge is 0.497 e. The van der Waals surface area contributed by atoms with Crippen LogP contribution in [0.1, 0.15) is 12.2 Å². The minimum atomic E-state index is -0.00391. The van der Waals surface area contributed by atoms with Crippen molar-refractivity contribution in [2.45, 2.75) is 19.0 Å². The van der Waals surface area contributed by atoms with Crippen LogP contribution < -0.4 is 14.8 Å². The molecule has 0 spiro atoms. The third-order valence-corrected chi connectivity index (χ3v) is 4.34. The van der Waals surface area contributed by atoms with E-state index in [9.17, 15) is 4.79 Å². The Hall–Kier alpha value is -2.43. The lowest BCUT2D eigenvalue weighted by atomic mass is 10.2. The van der Waals surface area contributed by atoms with Gasteiger partial charge in [-0.15, -0.1) is 17.5 Å². The fraction of sp³-hybridized carbons (Fsp3) is 0.529. The second-order valence-corrected chi connectivity index (χ2v) is 6.26. The summed E-state index contributed by atoms with van der Waals surface area (Å²) in [5.74, 6) is 1.78. The van der Waals surface area contributed by atoms with Crippen LogP contribution in [0.2, 0.25) is 0 Å². The number of rotatable bonds is 7. The molecule has 2 aromatic rings. The minimum absolute atomic E-state index is 0. The monoisotopic (exact) mass is 412 g/mol. The van der Waals surface area contributed by atoms with Crippen molar-refractivity contribution in [2.24, 2.45) is 0 Å². The molecule has 154 valence electrons. The van der Waals surface area contributed by atoms with Gasteiger partial charge < -0.3 is 24.4 Å². The topological polar surface area (TPSA) is 104 Å². The highest BCUT2D eigenvalue weighted by Crippen LogP contribution is 2.25. The fourth-order valence-electron chi connectivity index (χ4n) is 2.84. The third kappa shape index (κ3) is 5.31. The molecule has 1 amide bonds. The molecule has 11 heteroatoms. The second kappa shape index (κ2) is 10.2. The van der Waals surface area contributed by atoms with Gasteiger partial charge in [-0.1, -0.05) is 0 Å². The summed E-state index contributed by atoms with van der Waals surface area (Å²) in [6.07, 6.45) is 0.366. The molecule has 1 saturated heterocycles. The van der Waals surface area contributed by atoms with E-state index < -0.39 is 0 Å². The van der Waals surface area contributed by atoms with Crippen molar-refractivity contribution in [3.8, 4) is 17.2 Å². The maximum atomic E-state index is 12.5. The first kappa shape index (κ1) is 21.9. The normalized spacial score (nSPS) is 16.2. The van der Waals surface area contributed by atoms with Crippen molar-refractivity contribution < 1.29 is 19.0 Å². The number of hydrogen-bond acceptors (Lipinski definition) is 8. The van der Waals surface area contributed by atoms with E-state index in [4.69, 9.17) is 14.2 Å². The van der Waals surface area contributed by atoms with E-state index in [1.54, 1.807) is 49.0 Å². The molecule has 1 N–H and O–H groups in total. The van der Waals surface area contributed by atoms with Gasteiger partial charge in [-0.25, -0.2) is 0 Å². The summed E-state index contributed by atoms with van der Waals surface area (Å²) in [4.78, 5) is 14.1. The Balaban J connectivity index is 0.00000280. The number of aromatic nitrogens is 4. The lowest BCUT2D eigenvalue weighted by molar-refractivity contribution is -0.131. The van der Waals surface area contributed by atoms with Gasteiger partial charge in [-0.3, -0.25) is 4.79 Å². The summed E-state index contributed by atoms with van der Waals surface area (Å²) in [7, 11) is 4.89. The van der Waals surface area contributed by atoms with Gasteiger partial charge in [0.2, 0.25) is 5.91 Å². The first-order valence-corrected chi connectivity index (χ1v) is 8.66. The van der Waals surface area contributed by atoms with Gasteiger partial charge in [0.05, 0.1) is 39.7 Å². The Kier molecular flexibility index (Phi) is 7.97. The summed E-state index contributed by atoms with van der Waals surface area (Å²) in [5.41, 5.74) is 0.689. The van der Waals surface area contributed by atoms with Crippen LogP contribution in [-0.2, 0) is 16.1 Å². The summed E-state index contributed by atoms with van der Waals surface area (Å²) < 4.78 is 17.5. The fourth-order valence-corrected chi connectivity index (χ4v) is 2.84. The summed E-state index contributed by atoms with van der Waals surface area (Å²) in [6, 6.07) is 5.40. The third-order valence-electron chi connectivity index (χ3n) is 4.34.